The number of nitrogens with zero attached hydrogens (tertiary/aromatic N) is 1. The molecule has 1 fully saturated rings. The van der Waals surface area contributed by atoms with Crippen molar-refractivity contribution in [2.75, 3.05) is 11.4 Å². The van der Waals surface area contributed by atoms with E-state index in [-0.39, 0.29) is 11.7 Å². The third-order valence-corrected chi connectivity index (χ3v) is 3.84. The van der Waals surface area contributed by atoms with E-state index >= 15 is 0 Å². The van der Waals surface area contributed by atoms with E-state index in [0.29, 0.717) is 12.8 Å². The molecule has 1 aromatic carbocycles. The number of benzene rings is 1. The van der Waals surface area contributed by atoms with E-state index in [1.54, 1.807) is 4.90 Å². The number of rotatable bonds is 4. The van der Waals surface area contributed by atoms with Crippen LogP contribution in [0, 0.1) is 5.92 Å². The Kier molecular flexibility index (Phi) is 4.35. The van der Waals surface area contributed by atoms with E-state index in [4.69, 9.17) is 0 Å². The number of carbonyl (C=O) groups excluding carboxylic acids is 2. The molecule has 0 bridgehead atoms. The lowest BCUT2D eigenvalue weighted by Crippen LogP contribution is -2.44. The van der Waals surface area contributed by atoms with Crippen molar-refractivity contribution in [2.45, 2.75) is 39.5 Å². The zero-order valence-electron chi connectivity index (χ0n) is 11.7. The zero-order chi connectivity index (χ0) is 13.8. The maximum Gasteiger partial charge on any atom is 0.237 e. The van der Waals surface area contributed by atoms with E-state index in [1.807, 2.05) is 31.2 Å². The minimum Gasteiger partial charge on any atom is -0.312 e. The first-order chi connectivity index (χ1) is 9.19. The minimum absolute atomic E-state index is 0.0148. The fourth-order valence-electron chi connectivity index (χ4n) is 2.73. The number of amides is 1. The van der Waals surface area contributed by atoms with E-state index in [9.17, 15) is 9.59 Å². The molecule has 1 heterocycles. The Bertz CT molecular complexity index is 481. The Hall–Kier alpha value is -1.64. The quantitative estimate of drug-likeness (QED) is 0.780. The Morgan fingerprint density at radius 2 is 2.05 bits per heavy atom. The summed E-state index contributed by atoms with van der Waals surface area (Å²) in [6, 6.07) is 7.97. The molecule has 19 heavy (non-hydrogen) atoms. The molecule has 3 heteroatoms. The van der Waals surface area contributed by atoms with Gasteiger partial charge in [0, 0.05) is 18.7 Å². The summed E-state index contributed by atoms with van der Waals surface area (Å²) < 4.78 is 0. The predicted molar refractivity (Wildman–Crippen MR) is 76.2 cm³/mol. The van der Waals surface area contributed by atoms with Crippen LogP contribution in [0.4, 0.5) is 5.69 Å². The molecule has 102 valence electrons. The number of ketones is 1. The lowest BCUT2D eigenvalue weighted by molar-refractivity contribution is -0.133. The normalized spacial score (nSPS) is 19.6. The fraction of sp³-hybridized carbons (Fsp3) is 0.500. The zero-order valence-corrected chi connectivity index (χ0v) is 11.7. The number of anilines is 1. The van der Waals surface area contributed by atoms with Gasteiger partial charge in [-0.1, -0.05) is 32.0 Å². The first-order valence-electron chi connectivity index (χ1n) is 7.11. The molecule has 0 saturated carbocycles. The highest BCUT2D eigenvalue weighted by atomic mass is 16.2. The molecule has 0 aromatic heterocycles. The summed E-state index contributed by atoms with van der Waals surface area (Å²) in [5.74, 6) is -0.369. The van der Waals surface area contributed by atoms with Crippen molar-refractivity contribution >= 4 is 17.4 Å². The predicted octanol–water partition coefficient (Wildman–Crippen LogP) is 2.97. The number of Topliss-reactive ketones (excluding diaryl/α,β-unsaturated/α-hetero) is 1. The molecular weight excluding hydrogens is 238 g/mol. The maximum absolute atomic E-state index is 12.5. The summed E-state index contributed by atoms with van der Waals surface area (Å²) >= 11 is 0. The van der Waals surface area contributed by atoms with Crippen molar-refractivity contribution in [2.24, 2.45) is 5.92 Å². The molecule has 1 aliphatic heterocycles. The lowest BCUT2D eigenvalue weighted by atomic mass is 9.91. The van der Waals surface area contributed by atoms with Crippen LogP contribution in [-0.2, 0) is 16.0 Å². The smallest absolute Gasteiger partial charge is 0.237 e. The van der Waals surface area contributed by atoms with Crippen LogP contribution < -0.4 is 4.90 Å². The van der Waals surface area contributed by atoms with Gasteiger partial charge >= 0.3 is 0 Å². The van der Waals surface area contributed by atoms with Crippen molar-refractivity contribution in [1.82, 2.24) is 0 Å². The second kappa shape index (κ2) is 6.00. The molecule has 1 unspecified atom stereocenters. The third kappa shape index (κ3) is 2.70. The standard InChI is InChI=1S/C16H21NO2/c1-3-12-8-5-6-10-14(12)17-11-7-9-13(16(17)19)15(18)4-2/h5-6,8,10,13H,3-4,7,9,11H2,1-2H3. The van der Waals surface area contributed by atoms with Crippen molar-refractivity contribution in [3.05, 3.63) is 29.8 Å². The van der Waals surface area contributed by atoms with Crippen molar-refractivity contribution in [3.63, 3.8) is 0 Å². The molecule has 3 nitrogen and oxygen atoms in total. The van der Waals surface area contributed by atoms with Gasteiger partial charge in [0.25, 0.3) is 0 Å². The molecule has 0 aliphatic carbocycles. The first kappa shape index (κ1) is 13.8. The molecule has 1 saturated heterocycles. The fourth-order valence-corrected chi connectivity index (χ4v) is 2.73. The van der Waals surface area contributed by atoms with Crippen LogP contribution in [0.5, 0.6) is 0 Å². The Morgan fingerprint density at radius 3 is 2.74 bits per heavy atom. The van der Waals surface area contributed by atoms with Crippen LogP contribution in [0.1, 0.15) is 38.7 Å². The molecule has 1 amide bonds. The van der Waals surface area contributed by atoms with Crippen molar-refractivity contribution in [1.29, 1.82) is 0 Å². The van der Waals surface area contributed by atoms with Crippen molar-refractivity contribution in [3.8, 4) is 0 Å². The highest BCUT2D eigenvalue weighted by molar-refractivity contribution is 6.09. The van der Waals surface area contributed by atoms with Crippen LogP contribution in [0.2, 0.25) is 0 Å². The number of carbonyl (C=O) groups is 2. The Balaban J connectivity index is 2.29. The number of piperidine rings is 1. The van der Waals surface area contributed by atoms with Crippen LogP contribution in [0.25, 0.3) is 0 Å². The molecule has 0 N–H and O–H groups in total. The summed E-state index contributed by atoms with van der Waals surface area (Å²) in [7, 11) is 0. The summed E-state index contributed by atoms with van der Waals surface area (Å²) in [6.07, 6.45) is 2.95. The first-order valence-corrected chi connectivity index (χ1v) is 7.11. The number of aryl methyl sites for hydroxylation is 1. The van der Waals surface area contributed by atoms with Crippen LogP contribution >= 0.6 is 0 Å². The molecule has 1 aromatic rings. The number of hydrogen-bond acceptors (Lipinski definition) is 2. The maximum atomic E-state index is 12.5. The Labute approximate surface area is 114 Å². The highest BCUT2D eigenvalue weighted by Gasteiger charge is 2.34. The molecule has 0 radical (unpaired) electrons. The summed E-state index contributed by atoms with van der Waals surface area (Å²) in [5.41, 5.74) is 2.14. The van der Waals surface area contributed by atoms with Gasteiger partial charge in [-0.05, 0) is 30.9 Å². The molecule has 2 rings (SSSR count). The van der Waals surface area contributed by atoms with Gasteiger partial charge in [0.15, 0.2) is 0 Å². The van der Waals surface area contributed by atoms with Crippen LogP contribution in [0.3, 0.4) is 0 Å². The van der Waals surface area contributed by atoms with E-state index in [1.165, 1.54) is 5.56 Å². The largest absolute Gasteiger partial charge is 0.312 e. The summed E-state index contributed by atoms with van der Waals surface area (Å²) in [6.45, 7) is 4.64. The van der Waals surface area contributed by atoms with Gasteiger partial charge in [0.1, 0.15) is 5.78 Å². The average Bonchev–Trinajstić information content (AvgIpc) is 2.46. The van der Waals surface area contributed by atoms with Crippen LogP contribution in [0.15, 0.2) is 24.3 Å². The van der Waals surface area contributed by atoms with Gasteiger partial charge in [-0.2, -0.15) is 0 Å². The SMILES string of the molecule is CCC(=O)C1CCCN(c2ccccc2CC)C1=O. The third-order valence-electron chi connectivity index (χ3n) is 3.84. The summed E-state index contributed by atoms with van der Waals surface area (Å²) in [4.78, 5) is 26.2. The van der Waals surface area contributed by atoms with Gasteiger partial charge in [0.2, 0.25) is 5.91 Å². The molecular formula is C16H21NO2. The average molecular weight is 259 g/mol. The van der Waals surface area contributed by atoms with Gasteiger partial charge in [-0.25, -0.2) is 0 Å². The lowest BCUT2D eigenvalue weighted by Gasteiger charge is -2.32. The minimum atomic E-state index is -0.427. The van der Waals surface area contributed by atoms with E-state index in [2.05, 4.69) is 6.92 Å². The topological polar surface area (TPSA) is 37.4 Å². The summed E-state index contributed by atoms with van der Waals surface area (Å²) in [5, 5.41) is 0. The number of hydrogen-bond donors (Lipinski definition) is 0. The van der Waals surface area contributed by atoms with Gasteiger partial charge in [-0.3, -0.25) is 9.59 Å². The molecule has 0 spiro atoms. The molecule has 1 atom stereocenters. The van der Waals surface area contributed by atoms with Crippen molar-refractivity contribution < 1.29 is 9.59 Å². The van der Waals surface area contributed by atoms with E-state index in [0.717, 1.165) is 25.1 Å². The van der Waals surface area contributed by atoms with Gasteiger partial charge < -0.3 is 4.90 Å². The second-order valence-corrected chi connectivity index (χ2v) is 4.99. The van der Waals surface area contributed by atoms with Gasteiger partial charge in [0.05, 0.1) is 5.92 Å². The second-order valence-electron chi connectivity index (χ2n) is 4.99. The Morgan fingerprint density at radius 1 is 1.32 bits per heavy atom. The number of para-hydroxylation sites is 1. The molecule has 1 aliphatic rings. The van der Waals surface area contributed by atoms with E-state index < -0.39 is 5.92 Å². The van der Waals surface area contributed by atoms with Crippen LogP contribution in [-0.4, -0.2) is 18.2 Å². The van der Waals surface area contributed by atoms with Gasteiger partial charge in [-0.15, -0.1) is 0 Å². The highest BCUT2D eigenvalue weighted by Crippen LogP contribution is 2.28. The monoisotopic (exact) mass is 259 g/mol.